The van der Waals surface area contributed by atoms with Gasteiger partial charge >= 0.3 is 0 Å². The number of rotatable bonds is 4. The smallest absolute Gasteiger partial charge is 0.000608 e. The fourth-order valence-corrected chi connectivity index (χ4v) is 12.8. The Morgan fingerprint density at radius 1 is 0.421 bits per heavy atom. The first kappa shape index (κ1) is 49.6. The van der Waals surface area contributed by atoms with Crippen molar-refractivity contribution in [2.75, 3.05) is 0 Å². The van der Waals surface area contributed by atoms with Crippen molar-refractivity contribution in [3.63, 3.8) is 0 Å². The van der Waals surface area contributed by atoms with Crippen LogP contribution in [0.2, 0.25) is 0 Å². The molecule has 76 heavy (non-hydrogen) atoms. The number of hydrogen-bond donors (Lipinski definition) is 0. The van der Waals surface area contributed by atoms with E-state index in [1.165, 1.54) is 139 Å². The summed E-state index contributed by atoms with van der Waals surface area (Å²) in [6.07, 6.45) is 22.6. The van der Waals surface area contributed by atoms with Gasteiger partial charge in [-0.2, -0.15) is 0 Å². The molecule has 0 saturated carbocycles. The Morgan fingerprint density at radius 3 is 1.45 bits per heavy atom. The summed E-state index contributed by atoms with van der Waals surface area (Å²) in [5, 5.41) is 0. The van der Waals surface area contributed by atoms with Crippen molar-refractivity contribution >= 4 is 28.4 Å². The van der Waals surface area contributed by atoms with Gasteiger partial charge in [0.1, 0.15) is 0 Å². The lowest BCUT2D eigenvalue weighted by Gasteiger charge is -2.27. The average molecular weight is 987 g/mol. The third kappa shape index (κ3) is 8.35. The van der Waals surface area contributed by atoms with Gasteiger partial charge < -0.3 is 0 Å². The van der Waals surface area contributed by atoms with Crippen LogP contribution >= 0.6 is 0 Å². The van der Waals surface area contributed by atoms with E-state index in [9.17, 15) is 0 Å². The Kier molecular flexibility index (Phi) is 11.7. The SMILES string of the molecule is C=C1/C=C2\C3=CC(C=CC=C3c3c2c(-c2ccc(C(C)(C)C)cc2)c2c(c3-c3ccc(C(C)(C)C)cc3)CCC=C2)C/C=C2\c3c1cccc3-c1c(-c3ccc(C(C)(C)C)cc3)ccc(-c3ccc(C(C)(C)C)cc3)c12. The molecular weight excluding hydrogens is 913 g/mol. The maximum atomic E-state index is 5.13. The van der Waals surface area contributed by atoms with Crippen LogP contribution < -0.4 is 0 Å². The highest BCUT2D eigenvalue weighted by molar-refractivity contribution is 6.19. The Labute approximate surface area is 454 Å². The van der Waals surface area contributed by atoms with Gasteiger partial charge in [-0.15, -0.1) is 0 Å². The summed E-state index contributed by atoms with van der Waals surface area (Å²) in [5.74, 6) is 0.154. The Bertz CT molecular complexity index is 3740. The van der Waals surface area contributed by atoms with E-state index < -0.39 is 0 Å². The molecule has 0 amide bonds. The minimum atomic E-state index is 0.0416. The number of fused-ring (bicyclic) bond motifs is 8. The first-order valence-electron chi connectivity index (χ1n) is 28.0. The molecule has 7 aromatic carbocycles. The molecule has 0 spiro atoms. The Balaban J connectivity index is 1.13. The molecule has 5 aliphatic carbocycles. The van der Waals surface area contributed by atoms with Crippen molar-refractivity contribution in [1.29, 1.82) is 0 Å². The summed E-state index contributed by atoms with van der Waals surface area (Å²) < 4.78 is 0. The number of benzene rings is 7. The molecule has 0 heteroatoms. The summed E-state index contributed by atoms with van der Waals surface area (Å²) in [6.45, 7) is 32.8. The molecule has 0 aliphatic heterocycles. The minimum absolute atomic E-state index is 0.0416. The molecule has 1 atom stereocenters. The van der Waals surface area contributed by atoms with E-state index in [0.717, 1.165) is 24.8 Å². The van der Waals surface area contributed by atoms with Crippen LogP contribution in [-0.2, 0) is 28.1 Å². The Morgan fingerprint density at radius 2 is 0.908 bits per heavy atom. The highest BCUT2D eigenvalue weighted by Gasteiger charge is 2.39. The van der Waals surface area contributed by atoms with Crippen LogP contribution in [0.1, 0.15) is 157 Å². The van der Waals surface area contributed by atoms with E-state index >= 15 is 0 Å². The third-order valence-corrected chi connectivity index (χ3v) is 17.2. The van der Waals surface area contributed by atoms with Crippen LogP contribution in [0.4, 0.5) is 0 Å². The molecule has 0 saturated heterocycles. The molecule has 378 valence electrons. The molecule has 12 rings (SSSR count). The monoisotopic (exact) mass is 987 g/mol. The van der Waals surface area contributed by atoms with Crippen molar-refractivity contribution < 1.29 is 0 Å². The zero-order chi connectivity index (χ0) is 53.2. The van der Waals surface area contributed by atoms with Crippen LogP contribution in [0.25, 0.3) is 84.0 Å². The van der Waals surface area contributed by atoms with E-state index in [-0.39, 0.29) is 27.6 Å². The van der Waals surface area contributed by atoms with E-state index in [1.807, 2.05) is 0 Å². The van der Waals surface area contributed by atoms with Crippen LogP contribution in [0.3, 0.4) is 0 Å². The van der Waals surface area contributed by atoms with Gasteiger partial charge in [-0.25, -0.2) is 0 Å². The zero-order valence-corrected chi connectivity index (χ0v) is 47.1. The second-order valence-corrected chi connectivity index (χ2v) is 26.4. The molecule has 7 aromatic rings. The van der Waals surface area contributed by atoms with E-state index in [4.69, 9.17) is 6.58 Å². The largest absolute Gasteiger partial charge is 0.0911 e. The molecular formula is C76H74. The standard InChI is InChI=1S/C76H74/c1-46-44-65-64-45-47(18-16-22-61(64)71-66(50-29-37-54(38-30-50)75(8,9)10)59-19-14-15-20-60(59)67(72(65)71)51-31-39-55(40-32-51)76(11,12)13)24-41-63-68-56(46)21-17-23-62(68)69-57(48-25-33-52(34-26-48)73(2,3)4)42-43-58(70(63)69)49-27-35-53(36-28-49)74(5,6)7/h15-18,20-23,25-45,47H,1,14,19,24H2,2-13H3/b63-41+,65-44+. The van der Waals surface area contributed by atoms with Crippen LogP contribution in [0.5, 0.6) is 0 Å². The Hall–Kier alpha value is -7.28. The molecule has 2 bridgehead atoms. The molecule has 0 nitrogen and oxygen atoms in total. The molecule has 0 radical (unpaired) electrons. The molecule has 0 fully saturated rings. The number of hydrogen-bond acceptors (Lipinski definition) is 0. The summed E-state index contributed by atoms with van der Waals surface area (Å²) in [5.41, 5.74) is 33.9. The van der Waals surface area contributed by atoms with Gasteiger partial charge in [0.2, 0.25) is 0 Å². The fourth-order valence-electron chi connectivity index (χ4n) is 12.8. The summed E-state index contributed by atoms with van der Waals surface area (Å²) in [7, 11) is 0. The van der Waals surface area contributed by atoms with Gasteiger partial charge in [-0.05, 0) is 198 Å². The second-order valence-electron chi connectivity index (χ2n) is 26.4. The van der Waals surface area contributed by atoms with Crippen molar-refractivity contribution in [3.05, 3.63) is 243 Å². The first-order chi connectivity index (χ1) is 36.1. The molecule has 5 aliphatic rings. The third-order valence-electron chi connectivity index (χ3n) is 17.2. The summed E-state index contributed by atoms with van der Waals surface area (Å²) in [4.78, 5) is 0. The second kappa shape index (κ2) is 17.9. The van der Waals surface area contributed by atoms with Gasteiger partial charge in [0, 0.05) is 0 Å². The predicted octanol–water partition coefficient (Wildman–Crippen LogP) is 20.9. The van der Waals surface area contributed by atoms with Crippen molar-refractivity contribution in [2.45, 2.75) is 124 Å². The fraction of sp³-hybridized carbons (Fsp3) is 0.263. The lowest BCUT2D eigenvalue weighted by atomic mass is 9.77. The van der Waals surface area contributed by atoms with E-state index in [1.54, 1.807) is 0 Å². The van der Waals surface area contributed by atoms with Gasteiger partial charge in [0.25, 0.3) is 0 Å². The van der Waals surface area contributed by atoms with Crippen LogP contribution in [0, 0.1) is 5.92 Å². The maximum absolute atomic E-state index is 5.13. The van der Waals surface area contributed by atoms with Gasteiger partial charge in [0.05, 0.1) is 0 Å². The highest BCUT2D eigenvalue weighted by atomic mass is 14.4. The van der Waals surface area contributed by atoms with Crippen molar-refractivity contribution in [1.82, 2.24) is 0 Å². The van der Waals surface area contributed by atoms with Crippen molar-refractivity contribution in [2.24, 2.45) is 5.92 Å². The quantitative estimate of drug-likeness (QED) is 0.165. The van der Waals surface area contributed by atoms with Crippen molar-refractivity contribution in [3.8, 4) is 55.6 Å². The lowest BCUT2D eigenvalue weighted by Crippen LogP contribution is -2.11. The zero-order valence-electron chi connectivity index (χ0n) is 47.1. The topological polar surface area (TPSA) is 0 Å². The molecule has 0 N–H and O–H groups in total. The van der Waals surface area contributed by atoms with E-state index in [2.05, 4.69) is 259 Å². The van der Waals surface area contributed by atoms with Gasteiger partial charge in [-0.3, -0.25) is 0 Å². The molecule has 0 aromatic heterocycles. The van der Waals surface area contributed by atoms with Crippen LogP contribution in [-0.4, -0.2) is 0 Å². The summed E-state index contributed by atoms with van der Waals surface area (Å²) in [6, 6.07) is 49.6. The molecule has 0 heterocycles. The van der Waals surface area contributed by atoms with E-state index in [0.29, 0.717) is 0 Å². The first-order valence-corrected chi connectivity index (χ1v) is 28.0. The minimum Gasteiger partial charge on any atom is -0.0911 e. The molecule has 1 unspecified atom stereocenters. The van der Waals surface area contributed by atoms with Gasteiger partial charge in [0.15, 0.2) is 0 Å². The maximum Gasteiger partial charge on any atom is -0.000608 e. The average Bonchev–Trinajstić information content (AvgIpc) is 3.85. The van der Waals surface area contributed by atoms with Crippen LogP contribution in [0.15, 0.2) is 182 Å². The highest BCUT2D eigenvalue weighted by Crippen LogP contribution is 2.59. The summed E-state index contributed by atoms with van der Waals surface area (Å²) >= 11 is 0. The lowest BCUT2D eigenvalue weighted by molar-refractivity contribution is 0.590. The van der Waals surface area contributed by atoms with Gasteiger partial charge in [-0.1, -0.05) is 260 Å². The normalized spacial score (nSPS) is 18.0. The predicted molar refractivity (Wildman–Crippen MR) is 330 cm³/mol. The number of allylic oxidation sites excluding steroid dienone is 11.